The van der Waals surface area contributed by atoms with E-state index in [0.29, 0.717) is 36.3 Å². The van der Waals surface area contributed by atoms with Gasteiger partial charge in [0.1, 0.15) is 5.82 Å². The first-order valence-electron chi connectivity index (χ1n) is 8.60. The first-order chi connectivity index (χ1) is 13.3. The summed E-state index contributed by atoms with van der Waals surface area (Å²) in [5.74, 6) is -0.862. The van der Waals surface area contributed by atoms with Crippen molar-refractivity contribution in [1.29, 1.82) is 0 Å². The van der Waals surface area contributed by atoms with Crippen molar-refractivity contribution in [3.05, 3.63) is 48.3 Å². The van der Waals surface area contributed by atoms with E-state index in [4.69, 9.17) is 0 Å². The molecule has 0 bridgehead atoms. The van der Waals surface area contributed by atoms with Crippen molar-refractivity contribution in [2.24, 2.45) is 0 Å². The molecule has 7 nitrogen and oxygen atoms in total. The van der Waals surface area contributed by atoms with Gasteiger partial charge in [-0.2, -0.15) is 17.7 Å². The zero-order valence-electron chi connectivity index (χ0n) is 14.5. The number of rotatable bonds is 3. The number of piperidine rings is 1. The molecule has 0 atom stereocenters. The summed E-state index contributed by atoms with van der Waals surface area (Å²) in [6.45, 7) is 0.747. The molecule has 0 unspecified atom stereocenters. The highest BCUT2D eigenvalue weighted by atomic mass is 32.2. The van der Waals surface area contributed by atoms with Gasteiger partial charge in [0.25, 0.3) is 5.82 Å². The fourth-order valence-corrected chi connectivity index (χ4v) is 5.08. The quantitative estimate of drug-likeness (QED) is 0.659. The Bertz CT molecular complexity index is 1090. The Morgan fingerprint density at radius 3 is 2.29 bits per heavy atom. The molecule has 0 saturated carbocycles. The van der Waals surface area contributed by atoms with Crippen LogP contribution in [0, 0.1) is 0 Å². The third kappa shape index (κ3) is 3.30. The maximum atomic E-state index is 13.0. The van der Waals surface area contributed by atoms with Crippen molar-refractivity contribution in [3.63, 3.8) is 0 Å². The average molecular weight is 411 g/mol. The molecule has 0 radical (unpaired) electrons. The Kier molecular flexibility index (Phi) is 4.48. The molecule has 4 rings (SSSR count). The molecule has 0 spiro atoms. The summed E-state index contributed by atoms with van der Waals surface area (Å²) < 4.78 is 65.2. The van der Waals surface area contributed by atoms with E-state index in [-0.39, 0.29) is 10.5 Å². The maximum absolute atomic E-state index is 13.0. The summed E-state index contributed by atoms with van der Waals surface area (Å²) in [6.07, 6.45) is -3.93. The molecule has 1 aliphatic rings. The van der Waals surface area contributed by atoms with Gasteiger partial charge in [0.15, 0.2) is 15.5 Å². The molecule has 3 aromatic rings. The Morgan fingerprint density at radius 2 is 1.64 bits per heavy atom. The van der Waals surface area contributed by atoms with Crippen LogP contribution < -0.4 is 4.90 Å². The van der Waals surface area contributed by atoms with Crippen LogP contribution in [0.15, 0.2) is 47.4 Å². The third-order valence-corrected chi connectivity index (χ3v) is 7.06. The van der Waals surface area contributed by atoms with Crippen LogP contribution in [0.1, 0.15) is 18.7 Å². The first kappa shape index (κ1) is 18.7. The number of sulfone groups is 1. The monoisotopic (exact) mass is 411 g/mol. The summed E-state index contributed by atoms with van der Waals surface area (Å²) in [6, 6.07) is 11.2. The lowest BCUT2D eigenvalue weighted by atomic mass is 10.1. The van der Waals surface area contributed by atoms with Crippen LogP contribution in [-0.4, -0.2) is 46.6 Å². The van der Waals surface area contributed by atoms with Gasteiger partial charge in [-0.25, -0.2) is 8.42 Å². The fourth-order valence-electron chi connectivity index (χ4n) is 3.32. The van der Waals surface area contributed by atoms with Gasteiger partial charge in [-0.05, 0) is 37.1 Å². The minimum absolute atomic E-state index is 0.00221. The molecular formula is C17H16F3N5O2S. The normalized spacial score (nSPS) is 16.6. The zero-order valence-corrected chi connectivity index (χ0v) is 15.4. The molecule has 2 aromatic heterocycles. The molecule has 148 valence electrons. The number of fused-ring (bicyclic) bond motifs is 1. The summed E-state index contributed by atoms with van der Waals surface area (Å²) in [7, 11) is -3.44. The molecule has 11 heteroatoms. The van der Waals surface area contributed by atoms with Crippen molar-refractivity contribution in [1.82, 2.24) is 19.8 Å². The number of halogens is 3. The number of nitrogens with zero attached hydrogens (tertiary/aromatic N) is 5. The van der Waals surface area contributed by atoms with Gasteiger partial charge in [0.05, 0.1) is 10.1 Å². The summed E-state index contributed by atoms with van der Waals surface area (Å²) >= 11 is 0. The van der Waals surface area contributed by atoms with Crippen LogP contribution in [0.2, 0.25) is 0 Å². The van der Waals surface area contributed by atoms with E-state index in [9.17, 15) is 21.6 Å². The van der Waals surface area contributed by atoms with Gasteiger partial charge in [0.2, 0.25) is 0 Å². The highest BCUT2D eigenvalue weighted by molar-refractivity contribution is 7.92. The standard InChI is InChI=1S/C17H16F3N5O2S/c18-17(19,20)16-22-21-14-6-7-15(23-25(14)16)24-10-8-13(9-11-24)28(26,27)12-4-2-1-3-5-12/h1-7,13H,8-11H2. The molecule has 1 fully saturated rings. The molecule has 28 heavy (non-hydrogen) atoms. The summed E-state index contributed by atoms with van der Waals surface area (Å²) in [4.78, 5) is 2.06. The summed E-state index contributed by atoms with van der Waals surface area (Å²) in [5, 5.41) is 10.1. The molecule has 1 saturated heterocycles. The van der Waals surface area contributed by atoms with Crippen LogP contribution >= 0.6 is 0 Å². The van der Waals surface area contributed by atoms with E-state index in [0.717, 1.165) is 0 Å². The van der Waals surface area contributed by atoms with Crippen LogP contribution in [0.25, 0.3) is 5.65 Å². The lowest BCUT2D eigenvalue weighted by molar-refractivity contribution is -0.146. The van der Waals surface area contributed by atoms with E-state index in [1.165, 1.54) is 6.07 Å². The van der Waals surface area contributed by atoms with Gasteiger partial charge in [-0.15, -0.1) is 15.3 Å². The predicted octanol–water partition coefficient (Wildman–Crippen LogP) is 2.59. The van der Waals surface area contributed by atoms with Crippen molar-refractivity contribution < 1.29 is 21.6 Å². The highest BCUT2D eigenvalue weighted by Crippen LogP contribution is 2.29. The highest BCUT2D eigenvalue weighted by Gasteiger charge is 2.38. The second-order valence-corrected chi connectivity index (χ2v) is 8.76. The van der Waals surface area contributed by atoms with Crippen LogP contribution in [-0.2, 0) is 16.0 Å². The lowest BCUT2D eigenvalue weighted by Gasteiger charge is -2.32. The average Bonchev–Trinajstić information content (AvgIpc) is 3.12. The number of benzene rings is 1. The second kappa shape index (κ2) is 6.73. The van der Waals surface area contributed by atoms with E-state index in [1.54, 1.807) is 41.3 Å². The summed E-state index contributed by atoms with van der Waals surface area (Å²) in [5.41, 5.74) is -0.00221. The van der Waals surface area contributed by atoms with Crippen LogP contribution in [0.5, 0.6) is 0 Å². The van der Waals surface area contributed by atoms with Gasteiger partial charge < -0.3 is 4.90 Å². The van der Waals surface area contributed by atoms with Gasteiger partial charge in [0, 0.05) is 13.1 Å². The molecule has 0 aliphatic carbocycles. The van der Waals surface area contributed by atoms with E-state index in [1.807, 2.05) is 0 Å². The van der Waals surface area contributed by atoms with Crippen molar-refractivity contribution >= 4 is 21.3 Å². The number of aromatic nitrogens is 4. The minimum Gasteiger partial charge on any atom is -0.355 e. The smallest absolute Gasteiger partial charge is 0.355 e. The SMILES string of the molecule is O=S(=O)(c1ccccc1)C1CCN(c2ccc3nnc(C(F)(F)F)n3n2)CC1. The Morgan fingerprint density at radius 1 is 0.964 bits per heavy atom. The van der Waals surface area contributed by atoms with Crippen molar-refractivity contribution in [2.45, 2.75) is 29.2 Å². The number of hydrogen-bond acceptors (Lipinski definition) is 6. The van der Waals surface area contributed by atoms with Crippen LogP contribution in [0.3, 0.4) is 0 Å². The molecular weight excluding hydrogens is 395 g/mol. The van der Waals surface area contributed by atoms with Gasteiger partial charge >= 0.3 is 6.18 Å². The molecule has 0 N–H and O–H groups in total. The lowest BCUT2D eigenvalue weighted by Crippen LogP contribution is -2.40. The molecule has 1 aromatic carbocycles. The molecule has 3 heterocycles. The van der Waals surface area contributed by atoms with E-state index >= 15 is 0 Å². The van der Waals surface area contributed by atoms with Crippen LogP contribution in [0.4, 0.5) is 19.0 Å². The fraction of sp³-hybridized carbons (Fsp3) is 0.353. The topological polar surface area (TPSA) is 80.5 Å². The number of anilines is 1. The Balaban J connectivity index is 1.54. The van der Waals surface area contributed by atoms with Gasteiger partial charge in [-0.3, -0.25) is 0 Å². The van der Waals surface area contributed by atoms with Crippen molar-refractivity contribution in [3.8, 4) is 0 Å². The largest absolute Gasteiger partial charge is 0.453 e. The third-order valence-electron chi connectivity index (χ3n) is 4.78. The van der Waals surface area contributed by atoms with Gasteiger partial charge in [-0.1, -0.05) is 18.2 Å². The predicted molar refractivity (Wildman–Crippen MR) is 94.6 cm³/mol. The molecule has 1 aliphatic heterocycles. The zero-order chi connectivity index (χ0) is 19.9. The molecule has 0 amide bonds. The first-order valence-corrected chi connectivity index (χ1v) is 10.1. The second-order valence-electron chi connectivity index (χ2n) is 6.53. The Hall–Kier alpha value is -2.69. The maximum Gasteiger partial charge on any atom is 0.453 e. The number of hydrogen-bond donors (Lipinski definition) is 0. The Labute approximate surface area is 158 Å². The van der Waals surface area contributed by atoms with E-state index in [2.05, 4.69) is 15.3 Å². The van der Waals surface area contributed by atoms with E-state index < -0.39 is 27.1 Å². The van der Waals surface area contributed by atoms with Crippen molar-refractivity contribution in [2.75, 3.05) is 18.0 Å². The number of alkyl halides is 3. The minimum atomic E-state index is -4.66.